The van der Waals surface area contributed by atoms with Gasteiger partial charge in [0.25, 0.3) is 6.01 Å². The molecule has 0 saturated carbocycles. The molecule has 2 aromatic rings. The fourth-order valence-electron chi connectivity index (χ4n) is 4.27. The molecule has 0 aliphatic carbocycles. The van der Waals surface area contributed by atoms with Gasteiger partial charge in [-0.1, -0.05) is 0 Å². The molecule has 1 aromatic heterocycles. The maximum Gasteiger partial charge on any atom is 0.410 e. The predicted octanol–water partition coefficient (Wildman–Crippen LogP) is 4.53. The van der Waals surface area contributed by atoms with Crippen LogP contribution in [0.15, 0.2) is 21.0 Å². The van der Waals surface area contributed by atoms with E-state index < -0.39 is 5.60 Å². The number of benzene rings is 1. The minimum atomic E-state index is -0.513. The highest BCUT2D eigenvalue weighted by molar-refractivity contribution is 9.10. The van der Waals surface area contributed by atoms with Crippen LogP contribution in [-0.4, -0.2) is 52.7 Å². The first-order chi connectivity index (χ1) is 14.1. The summed E-state index contributed by atoms with van der Waals surface area (Å²) in [5.41, 5.74) is 1.45. The molecule has 2 aliphatic heterocycles. The van der Waals surface area contributed by atoms with E-state index in [-0.39, 0.29) is 24.1 Å². The second-order valence-electron chi connectivity index (χ2n) is 9.02. The summed E-state index contributed by atoms with van der Waals surface area (Å²) in [5.74, 6) is -0.143. The third-order valence-corrected chi connectivity index (χ3v) is 5.94. The largest absolute Gasteiger partial charge is 0.444 e. The van der Waals surface area contributed by atoms with Crippen molar-refractivity contribution >= 4 is 50.7 Å². The highest BCUT2D eigenvalue weighted by Gasteiger charge is 2.43. The van der Waals surface area contributed by atoms with Gasteiger partial charge in [-0.2, -0.15) is 4.98 Å². The van der Waals surface area contributed by atoms with E-state index in [9.17, 15) is 9.59 Å². The molecule has 2 amide bonds. The van der Waals surface area contributed by atoms with E-state index in [4.69, 9.17) is 9.15 Å². The number of fused-ring (bicyclic) bond motifs is 3. The lowest BCUT2D eigenvalue weighted by Crippen LogP contribution is -2.63. The minimum Gasteiger partial charge on any atom is -0.444 e. The van der Waals surface area contributed by atoms with Crippen molar-refractivity contribution in [3.63, 3.8) is 0 Å². The van der Waals surface area contributed by atoms with Crippen LogP contribution in [0, 0.1) is 0 Å². The molecule has 1 aromatic carbocycles. The fourth-order valence-corrected chi connectivity index (χ4v) is 4.80. The first kappa shape index (κ1) is 21.0. The highest BCUT2D eigenvalue weighted by Crippen LogP contribution is 2.36. The normalized spacial score (nSPS) is 21.6. The molecule has 8 nitrogen and oxygen atoms in total. The molecule has 0 radical (unpaired) electrons. The molecule has 30 heavy (non-hydrogen) atoms. The minimum absolute atomic E-state index is 0.0701. The van der Waals surface area contributed by atoms with Crippen LogP contribution in [0.5, 0.6) is 0 Å². The number of piperidine rings is 1. The number of nitrogens with one attached hydrogen (secondary N) is 1. The number of piperazine rings is 1. The van der Waals surface area contributed by atoms with Gasteiger partial charge in [0.1, 0.15) is 11.1 Å². The standard InChI is InChI=1S/C21H27BrN4O4/c1-12(27)23-13-8-16(22)18-17(9-13)24-19(29-18)25-10-14-6-5-7-15(11-25)26(14)20(28)30-21(2,3)4/h8-9,14-15H,5-7,10-11H2,1-4H3,(H,23,27). The molecule has 2 bridgehead atoms. The third kappa shape index (κ3) is 4.26. The van der Waals surface area contributed by atoms with Crippen LogP contribution in [0.3, 0.4) is 0 Å². The monoisotopic (exact) mass is 478 g/mol. The van der Waals surface area contributed by atoms with E-state index in [1.807, 2.05) is 25.7 Å². The van der Waals surface area contributed by atoms with Gasteiger partial charge < -0.3 is 19.4 Å². The van der Waals surface area contributed by atoms with Gasteiger partial charge in [-0.05, 0) is 68.1 Å². The SMILES string of the molecule is CC(=O)Nc1cc(Br)c2oc(N3CC4CCCC(C3)N4C(=O)OC(C)(C)C)nc2c1. The van der Waals surface area contributed by atoms with Gasteiger partial charge >= 0.3 is 6.09 Å². The lowest BCUT2D eigenvalue weighted by atomic mass is 9.92. The fraction of sp³-hybridized carbons (Fsp3) is 0.571. The van der Waals surface area contributed by atoms with Crippen LogP contribution < -0.4 is 10.2 Å². The summed E-state index contributed by atoms with van der Waals surface area (Å²) in [5, 5.41) is 2.77. The van der Waals surface area contributed by atoms with Crippen molar-refractivity contribution in [1.29, 1.82) is 0 Å². The Hall–Kier alpha value is -2.29. The van der Waals surface area contributed by atoms with Crippen molar-refractivity contribution in [2.24, 2.45) is 0 Å². The van der Waals surface area contributed by atoms with Crippen LogP contribution in [0.2, 0.25) is 0 Å². The first-order valence-electron chi connectivity index (χ1n) is 10.2. The number of hydrogen-bond acceptors (Lipinski definition) is 6. The number of nitrogens with zero attached hydrogens (tertiary/aromatic N) is 3. The van der Waals surface area contributed by atoms with Crippen molar-refractivity contribution < 1.29 is 18.7 Å². The maximum atomic E-state index is 12.8. The Labute approximate surface area is 184 Å². The molecular formula is C21H27BrN4O4. The van der Waals surface area contributed by atoms with Crippen LogP contribution in [0.1, 0.15) is 47.0 Å². The van der Waals surface area contributed by atoms with E-state index in [1.165, 1.54) is 6.92 Å². The van der Waals surface area contributed by atoms with Crippen molar-refractivity contribution in [1.82, 2.24) is 9.88 Å². The number of ether oxygens (including phenoxy) is 1. The molecule has 2 unspecified atom stereocenters. The first-order valence-corrected chi connectivity index (χ1v) is 11.0. The topological polar surface area (TPSA) is 87.9 Å². The van der Waals surface area contributed by atoms with E-state index >= 15 is 0 Å². The van der Waals surface area contributed by atoms with Crippen molar-refractivity contribution in [2.75, 3.05) is 23.3 Å². The molecule has 2 atom stereocenters. The zero-order chi connectivity index (χ0) is 21.6. The smallest absolute Gasteiger partial charge is 0.410 e. The number of aromatic nitrogens is 1. The van der Waals surface area contributed by atoms with Gasteiger partial charge in [-0.3, -0.25) is 9.69 Å². The quantitative estimate of drug-likeness (QED) is 0.681. The summed E-state index contributed by atoms with van der Waals surface area (Å²) in [6.07, 6.45) is 2.73. The highest BCUT2D eigenvalue weighted by atomic mass is 79.9. The summed E-state index contributed by atoms with van der Waals surface area (Å²) in [7, 11) is 0. The molecule has 9 heteroatoms. The average molecular weight is 479 g/mol. The number of rotatable bonds is 2. The lowest BCUT2D eigenvalue weighted by Gasteiger charge is -2.49. The van der Waals surface area contributed by atoms with E-state index in [2.05, 4.69) is 31.1 Å². The zero-order valence-corrected chi connectivity index (χ0v) is 19.3. The van der Waals surface area contributed by atoms with Gasteiger partial charge in [0.05, 0.1) is 16.6 Å². The van der Waals surface area contributed by atoms with E-state index in [0.29, 0.717) is 35.9 Å². The molecule has 1 N–H and O–H groups in total. The van der Waals surface area contributed by atoms with Crippen molar-refractivity contribution in [3.05, 3.63) is 16.6 Å². The Morgan fingerprint density at radius 2 is 1.90 bits per heavy atom. The van der Waals surface area contributed by atoms with Gasteiger partial charge in [-0.25, -0.2) is 4.79 Å². The maximum absolute atomic E-state index is 12.8. The van der Waals surface area contributed by atoms with Gasteiger partial charge in [0.15, 0.2) is 5.58 Å². The molecule has 4 rings (SSSR count). The Bertz CT molecular complexity index is 969. The summed E-state index contributed by atoms with van der Waals surface area (Å²) in [4.78, 5) is 32.9. The molecule has 3 heterocycles. The Morgan fingerprint density at radius 1 is 1.23 bits per heavy atom. The number of amides is 2. The second-order valence-corrected chi connectivity index (χ2v) is 9.87. The number of oxazole rings is 1. The average Bonchev–Trinajstić information content (AvgIpc) is 3.03. The summed E-state index contributed by atoms with van der Waals surface area (Å²) < 4.78 is 12.4. The predicted molar refractivity (Wildman–Crippen MR) is 118 cm³/mol. The number of halogens is 1. The van der Waals surface area contributed by atoms with Crippen LogP contribution >= 0.6 is 15.9 Å². The Kier molecular flexibility index (Phi) is 5.42. The summed E-state index contributed by atoms with van der Waals surface area (Å²) in [6, 6.07) is 4.27. The number of hydrogen-bond donors (Lipinski definition) is 1. The number of carbonyl (C=O) groups is 2. The molecule has 2 aliphatic rings. The van der Waals surface area contributed by atoms with Crippen LogP contribution in [-0.2, 0) is 9.53 Å². The van der Waals surface area contributed by atoms with Crippen LogP contribution in [0.4, 0.5) is 16.5 Å². The van der Waals surface area contributed by atoms with E-state index in [1.54, 1.807) is 12.1 Å². The van der Waals surface area contributed by atoms with Gasteiger partial charge in [-0.15, -0.1) is 0 Å². The van der Waals surface area contributed by atoms with Crippen molar-refractivity contribution in [2.45, 2.75) is 64.6 Å². The number of anilines is 2. The molecule has 2 saturated heterocycles. The van der Waals surface area contributed by atoms with Gasteiger partial charge in [0.2, 0.25) is 5.91 Å². The summed E-state index contributed by atoms with van der Waals surface area (Å²) in [6.45, 7) is 8.44. The van der Waals surface area contributed by atoms with Crippen molar-refractivity contribution in [3.8, 4) is 0 Å². The van der Waals surface area contributed by atoms with Crippen LogP contribution in [0.25, 0.3) is 11.1 Å². The van der Waals surface area contributed by atoms with E-state index in [0.717, 1.165) is 23.7 Å². The van der Waals surface area contributed by atoms with Gasteiger partial charge in [0, 0.05) is 25.7 Å². The third-order valence-electron chi connectivity index (χ3n) is 5.35. The molecule has 2 fully saturated rings. The zero-order valence-electron chi connectivity index (χ0n) is 17.7. The Morgan fingerprint density at radius 3 is 2.50 bits per heavy atom. The molecular weight excluding hydrogens is 452 g/mol. The lowest BCUT2D eigenvalue weighted by molar-refractivity contribution is -0.114. The molecule has 0 spiro atoms. The summed E-state index contributed by atoms with van der Waals surface area (Å²) >= 11 is 3.51. The Balaban J connectivity index is 1.57. The number of carbonyl (C=O) groups excluding carboxylic acids is 2. The molecule has 162 valence electrons. The second kappa shape index (κ2) is 7.76.